The van der Waals surface area contributed by atoms with Crippen LogP contribution in [0, 0.1) is 6.92 Å². The first-order chi connectivity index (χ1) is 8.68. The van der Waals surface area contributed by atoms with Crippen LogP contribution in [0.5, 0.6) is 0 Å². The van der Waals surface area contributed by atoms with E-state index >= 15 is 0 Å². The molecule has 18 heavy (non-hydrogen) atoms. The molecule has 1 fully saturated rings. The number of likely N-dealkylation sites (tertiary alicyclic amines) is 1. The van der Waals surface area contributed by atoms with Crippen molar-refractivity contribution in [2.45, 2.75) is 32.7 Å². The quantitative estimate of drug-likeness (QED) is 0.788. The van der Waals surface area contributed by atoms with E-state index in [2.05, 4.69) is 17.3 Å². The summed E-state index contributed by atoms with van der Waals surface area (Å²) in [7, 11) is 1.94. The minimum absolute atomic E-state index is 0.280. The Bertz CT molecular complexity index is 407. The Morgan fingerprint density at radius 1 is 1.44 bits per heavy atom. The van der Waals surface area contributed by atoms with Gasteiger partial charge in [-0.3, -0.25) is 9.48 Å². The fourth-order valence-corrected chi connectivity index (χ4v) is 2.26. The van der Waals surface area contributed by atoms with Gasteiger partial charge in [0.2, 0.25) is 5.91 Å². The van der Waals surface area contributed by atoms with Gasteiger partial charge < -0.3 is 10.2 Å². The first kappa shape index (κ1) is 13.1. The van der Waals surface area contributed by atoms with Crippen molar-refractivity contribution in [1.82, 2.24) is 20.0 Å². The molecule has 0 radical (unpaired) electrons. The van der Waals surface area contributed by atoms with E-state index < -0.39 is 0 Å². The second-order valence-electron chi connectivity index (χ2n) is 4.89. The minimum Gasteiger partial charge on any atom is -0.343 e. The number of carbonyl (C=O) groups excluding carboxylic acids is 1. The smallest absolute Gasteiger partial charge is 0.223 e. The molecule has 0 aromatic carbocycles. The van der Waals surface area contributed by atoms with Crippen molar-refractivity contribution in [3.05, 3.63) is 17.5 Å². The fourth-order valence-electron chi connectivity index (χ4n) is 2.26. The number of nitrogens with one attached hydrogen (secondary N) is 1. The normalized spacial score (nSPS) is 15.3. The van der Waals surface area contributed by atoms with Crippen LogP contribution in [0.15, 0.2) is 6.20 Å². The zero-order valence-corrected chi connectivity index (χ0v) is 11.3. The zero-order valence-electron chi connectivity index (χ0n) is 11.3. The Labute approximate surface area is 108 Å². The lowest BCUT2D eigenvalue weighted by Gasteiger charge is -2.15. The van der Waals surface area contributed by atoms with Gasteiger partial charge in [-0.15, -0.1) is 0 Å². The van der Waals surface area contributed by atoms with Gasteiger partial charge in [-0.2, -0.15) is 5.10 Å². The molecule has 0 atom stereocenters. The predicted molar refractivity (Wildman–Crippen MR) is 70.1 cm³/mol. The molecule has 0 bridgehead atoms. The van der Waals surface area contributed by atoms with Crippen LogP contribution in [0.25, 0.3) is 0 Å². The molecule has 1 aliphatic heterocycles. The van der Waals surface area contributed by atoms with E-state index in [1.54, 1.807) is 0 Å². The maximum Gasteiger partial charge on any atom is 0.223 e. The minimum atomic E-state index is 0.280. The van der Waals surface area contributed by atoms with Crippen molar-refractivity contribution < 1.29 is 4.79 Å². The molecule has 5 heteroatoms. The Kier molecular flexibility index (Phi) is 4.36. The number of nitrogens with zero attached hydrogens (tertiary/aromatic N) is 3. The highest BCUT2D eigenvalue weighted by Crippen LogP contribution is 2.08. The second-order valence-corrected chi connectivity index (χ2v) is 4.89. The molecule has 1 aromatic heterocycles. The summed E-state index contributed by atoms with van der Waals surface area (Å²) in [5.74, 6) is 0.280. The molecule has 0 aliphatic carbocycles. The summed E-state index contributed by atoms with van der Waals surface area (Å²) in [5, 5.41) is 7.50. The topological polar surface area (TPSA) is 50.2 Å². The van der Waals surface area contributed by atoms with Crippen LogP contribution in [0.4, 0.5) is 0 Å². The van der Waals surface area contributed by atoms with Gasteiger partial charge in [-0.25, -0.2) is 0 Å². The third kappa shape index (κ3) is 3.10. The molecule has 1 aromatic rings. The van der Waals surface area contributed by atoms with E-state index in [9.17, 15) is 4.79 Å². The van der Waals surface area contributed by atoms with E-state index in [-0.39, 0.29) is 5.91 Å². The van der Waals surface area contributed by atoms with Gasteiger partial charge in [0.25, 0.3) is 0 Å². The Morgan fingerprint density at radius 2 is 2.17 bits per heavy atom. The van der Waals surface area contributed by atoms with Crippen molar-refractivity contribution in [2.75, 3.05) is 19.6 Å². The molecule has 1 aliphatic rings. The summed E-state index contributed by atoms with van der Waals surface area (Å²) in [6.45, 7) is 5.47. The lowest BCUT2D eigenvalue weighted by Crippen LogP contribution is -2.30. The first-order valence-corrected chi connectivity index (χ1v) is 6.64. The van der Waals surface area contributed by atoms with Gasteiger partial charge in [0.1, 0.15) is 0 Å². The van der Waals surface area contributed by atoms with Crippen molar-refractivity contribution in [3.8, 4) is 0 Å². The lowest BCUT2D eigenvalue weighted by atomic mass is 10.2. The highest BCUT2D eigenvalue weighted by Gasteiger charge is 2.16. The van der Waals surface area contributed by atoms with E-state index in [0.717, 1.165) is 39.0 Å². The number of carbonyl (C=O) groups is 1. The highest BCUT2D eigenvalue weighted by molar-refractivity contribution is 5.76. The van der Waals surface area contributed by atoms with Crippen molar-refractivity contribution in [3.63, 3.8) is 0 Å². The van der Waals surface area contributed by atoms with Gasteiger partial charge in [0.15, 0.2) is 0 Å². The third-order valence-corrected chi connectivity index (χ3v) is 3.63. The van der Waals surface area contributed by atoms with Gasteiger partial charge in [-0.05, 0) is 19.8 Å². The van der Waals surface area contributed by atoms with E-state index in [0.29, 0.717) is 6.42 Å². The summed E-state index contributed by atoms with van der Waals surface area (Å²) < 4.78 is 1.87. The summed E-state index contributed by atoms with van der Waals surface area (Å²) in [6.07, 6.45) is 4.80. The molecule has 0 unspecified atom stereocenters. The Hall–Kier alpha value is -1.36. The van der Waals surface area contributed by atoms with Crippen LogP contribution in [-0.4, -0.2) is 40.2 Å². The molecule has 100 valence electrons. The van der Waals surface area contributed by atoms with E-state index in [1.807, 2.05) is 22.8 Å². The number of hydrogen-bond acceptors (Lipinski definition) is 3. The number of aryl methyl sites for hydroxylation is 1. The predicted octanol–water partition coefficient (Wildman–Crippen LogP) is 0.831. The molecule has 0 saturated carbocycles. The molecule has 1 N–H and O–H groups in total. The van der Waals surface area contributed by atoms with E-state index in [4.69, 9.17) is 0 Å². The number of rotatable bonds is 5. The highest BCUT2D eigenvalue weighted by atomic mass is 16.2. The van der Waals surface area contributed by atoms with Crippen molar-refractivity contribution in [2.24, 2.45) is 7.05 Å². The average Bonchev–Trinajstić information content (AvgIpc) is 2.99. The molecular formula is C13H22N4O. The van der Waals surface area contributed by atoms with Crippen LogP contribution in [-0.2, 0) is 18.4 Å². The Morgan fingerprint density at radius 3 is 2.78 bits per heavy atom. The average molecular weight is 250 g/mol. The van der Waals surface area contributed by atoms with Crippen LogP contribution in [0.2, 0.25) is 0 Å². The Balaban J connectivity index is 1.66. The fraction of sp³-hybridized carbons (Fsp3) is 0.692. The van der Waals surface area contributed by atoms with Gasteiger partial charge in [0.05, 0.1) is 6.20 Å². The number of hydrogen-bond donors (Lipinski definition) is 1. The third-order valence-electron chi connectivity index (χ3n) is 3.63. The standard InChI is InChI=1S/C13H22N4O/c1-11-12(10-15-16(11)2)9-14-6-5-13(18)17-7-3-4-8-17/h10,14H,3-9H2,1-2H3. The summed E-state index contributed by atoms with van der Waals surface area (Å²) in [6, 6.07) is 0. The number of amides is 1. The van der Waals surface area contributed by atoms with Crippen LogP contribution >= 0.6 is 0 Å². The number of aromatic nitrogens is 2. The molecule has 1 amide bonds. The maximum absolute atomic E-state index is 11.8. The summed E-state index contributed by atoms with van der Waals surface area (Å²) >= 11 is 0. The lowest BCUT2D eigenvalue weighted by molar-refractivity contribution is -0.130. The molecule has 2 rings (SSSR count). The molecule has 5 nitrogen and oxygen atoms in total. The molecule has 0 spiro atoms. The summed E-state index contributed by atoms with van der Waals surface area (Å²) in [4.78, 5) is 13.8. The summed E-state index contributed by atoms with van der Waals surface area (Å²) in [5.41, 5.74) is 2.37. The van der Waals surface area contributed by atoms with Crippen LogP contribution in [0.3, 0.4) is 0 Å². The molecule has 1 saturated heterocycles. The SMILES string of the molecule is Cc1c(CNCCC(=O)N2CCCC2)cnn1C. The largest absolute Gasteiger partial charge is 0.343 e. The van der Waals surface area contributed by atoms with Crippen LogP contribution < -0.4 is 5.32 Å². The first-order valence-electron chi connectivity index (χ1n) is 6.64. The van der Waals surface area contributed by atoms with Gasteiger partial charge >= 0.3 is 0 Å². The molecular weight excluding hydrogens is 228 g/mol. The monoisotopic (exact) mass is 250 g/mol. The van der Waals surface area contributed by atoms with E-state index in [1.165, 1.54) is 11.3 Å². The van der Waals surface area contributed by atoms with Gasteiger partial charge in [-0.1, -0.05) is 0 Å². The zero-order chi connectivity index (χ0) is 13.0. The van der Waals surface area contributed by atoms with Crippen molar-refractivity contribution >= 4 is 5.91 Å². The second kappa shape index (κ2) is 6.00. The maximum atomic E-state index is 11.8. The molecule has 2 heterocycles. The van der Waals surface area contributed by atoms with Gasteiger partial charge in [0, 0.05) is 50.9 Å². The van der Waals surface area contributed by atoms with Crippen molar-refractivity contribution in [1.29, 1.82) is 0 Å². The van der Waals surface area contributed by atoms with Crippen LogP contribution in [0.1, 0.15) is 30.5 Å².